The number of halogens is 1. The number of nitrogens with zero attached hydrogens (tertiary/aromatic N) is 4. The number of fused-ring (bicyclic) bond motifs is 1. The summed E-state index contributed by atoms with van der Waals surface area (Å²) in [6.07, 6.45) is 2.13. The van der Waals surface area contributed by atoms with Gasteiger partial charge in [-0.3, -0.25) is 0 Å². The SMILES string of the molecule is CC(C)c1nc(C2CCCN2c2ccc3cc(Br)ccc3n2)no1. The van der Waals surface area contributed by atoms with Gasteiger partial charge in [0.05, 0.1) is 11.6 Å². The van der Waals surface area contributed by atoms with Gasteiger partial charge in [-0.2, -0.15) is 4.98 Å². The lowest BCUT2D eigenvalue weighted by Gasteiger charge is -2.23. The zero-order valence-electron chi connectivity index (χ0n) is 13.7. The fourth-order valence-corrected chi connectivity index (χ4v) is 3.55. The minimum Gasteiger partial charge on any atom is -0.346 e. The Morgan fingerprint density at radius 1 is 1.21 bits per heavy atom. The molecule has 4 rings (SSSR count). The van der Waals surface area contributed by atoms with Crippen molar-refractivity contribution in [3.63, 3.8) is 0 Å². The van der Waals surface area contributed by atoms with Gasteiger partial charge in [0.25, 0.3) is 0 Å². The molecule has 1 fully saturated rings. The highest BCUT2D eigenvalue weighted by atomic mass is 79.9. The summed E-state index contributed by atoms with van der Waals surface area (Å²) in [5.41, 5.74) is 0.998. The largest absolute Gasteiger partial charge is 0.346 e. The number of pyridine rings is 1. The van der Waals surface area contributed by atoms with E-state index in [2.05, 4.69) is 63.0 Å². The smallest absolute Gasteiger partial charge is 0.229 e. The Morgan fingerprint density at radius 3 is 2.88 bits per heavy atom. The van der Waals surface area contributed by atoms with Crippen LogP contribution in [0, 0.1) is 0 Å². The van der Waals surface area contributed by atoms with Crippen molar-refractivity contribution in [3.05, 3.63) is 46.5 Å². The Bertz CT molecular complexity index is 876. The Balaban J connectivity index is 1.67. The van der Waals surface area contributed by atoms with Crippen LogP contribution in [0.25, 0.3) is 10.9 Å². The normalized spacial score (nSPS) is 18.0. The Morgan fingerprint density at radius 2 is 2.08 bits per heavy atom. The second-order valence-electron chi connectivity index (χ2n) is 6.50. The number of anilines is 1. The first-order valence-electron chi connectivity index (χ1n) is 8.28. The Kier molecular flexibility index (Phi) is 4.00. The first-order chi connectivity index (χ1) is 11.6. The zero-order valence-corrected chi connectivity index (χ0v) is 15.3. The maximum atomic E-state index is 5.39. The maximum absolute atomic E-state index is 5.39. The molecule has 1 atom stereocenters. The highest BCUT2D eigenvalue weighted by Crippen LogP contribution is 2.35. The van der Waals surface area contributed by atoms with Gasteiger partial charge in [0.15, 0.2) is 5.82 Å². The first-order valence-corrected chi connectivity index (χ1v) is 9.07. The lowest BCUT2D eigenvalue weighted by atomic mass is 10.2. The summed E-state index contributed by atoms with van der Waals surface area (Å²) in [6.45, 7) is 5.09. The van der Waals surface area contributed by atoms with E-state index in [0.29, 0.717) is 5.89 Å². The van der Waals surface area contributed by atoms with E-state index >= 15 is 0 Å². The van der Waals surface area contributed by atoms with Crippen molar-refractivity contribution in [2.45, 2.75) is 38.6 Å². The van der Waals surface area contributed by atoms with Crippen LogP contribution in [0.4, 0.5) is 5.82 Å². The third-order valence-corrected chi connectivity index (χ3v) is 4.93. The average Bonchev–Trinajstić information content (AvgIpc) is 3.23. The molecule has 0 aliphatic carbocycles. The van der Waals surface area contributed by atoms with Crippen molar-refractivity contribution in [2.75, 3.05) is 11.4 Å². The van der Waals surface area contributed by atoms with Crippen LogP contribution in [0.2, 0.25) is 0 Å². The molecule has 3 heterocycles. The lowest BCUT2D eigenvalue weighted by molar-refractivity contribution is 0.358. The second-order valence-corrected chi connectivity index (χ2v) is 7.42. The molecule has 24 heavy (non-hydrogen) atoms. The van der Waals surface area contributed by atoms with Gasteiger partial charge in [-0.15, -0.1) is 0 Å². The molecule has 0 amide bonds. The third-order valence-electron chi connectivity index (χ3n) is 4.43. The zero-order chi connectivity index (χ0) is 16.7. The van der Waals surface area contributed by atoms with Gasteiger partial charge >= 0.3 is 0 Å². The molecule has 0 N–H and O–H groups in total. The molecule has 0 radical (unpaired) electrons. The van der Waals surface area contributed by atoms with E-state index in [1.807, 2.05) is 12.1 Å². The van der Waals surface area contributed by atoms with Crippen molar-refractivity contribution >= 4 is 32.7 Å². The number of benzene rings is 1. The van der Waals surface area contributed by atoms with Gasteiger partial charge in [0.2, 0.25) is 5.89 Å². The topological polar surface area (TPSA) is 55.1 Å². The van der Waals surface area contributed by atoms with Crippen LogP contribution in [-0.4, -0.2) is 21.7 Å². The van der Waals surface area contributed by atoms with Crippen molar-refractivity contribution in [2.24, 2.45) is 0 Å². The van der Waals surface area contributed by atoms with Gasteiger partial charge < -0.3 is 9.42 Å². The standard InChI is InChI=1S/C18H19BrN4O/c1-11(2)18-21-17(22-24-18)15-4-3-9-23(15)16-8-5-12-10-13(19)6-7-14(12)20-16/h5-8,10-11,15H,3-4,9H2,1-2H3. The van der Waals surface area contributed by atoms with Crippen LogP contribution >= 0.6 is 15.9 Å². The first kappa shape index (κ1) is 15.6. The number of hydrogen-bond acceptors (Lipinski definition) is 5. The van der Waals surface area contributed by atoms with Crippen LogP contribution in [0.1, 0.15) is 50.4 Å². The van der Waals surface area contributed by atoms with E-state index in [4.69, 9.17) is 9.51 Å². The molecule has 0 bridgehead atoms. The van der Waals surface area contributed by atoms with Crippen molar-refractivity contribution in [3.8, 4) is 0 Å². The van der Waals surface area contributed by atoms with Crippen LogP contribution in [0.5, 0.6) is 0 Å². The molecule has 1 aliphatic heterocycles. The molecule has 1 aromatic carbocycles. The number of aromatic nitrogens is 3. The molecule has 0 saturated carbocycles. The van der Waals surface area contributed by atoms with E-state index in [0.717, 1.165) is 46.4 Å². The molecule has 1 aliphatic rings. The fourth-order valence-electron chi connectivity index (χ4n) is 3.17. The van der Waals surface area contributed by atoms with Gasteiger partial charge in [0.1, 0.15) is 5.82 Å². The highest BCUT2D eigenvalue weighted by Gasteiger charge is 2.31. The quantitative estimate of drug-likeness (QED) is 0.643. The highest BCUT2D eigenvalue weighted by molar-refractivity contribution is 9.10. The predicted octanol–water partition coefficient (Wildman–Crippen LogP) is 4.85. The molecule has 5 nitrogen and oxygen atoms in total. The molecule has 1 unspecified atom stereocenters. The van der Waals surface area contributed by atoms with Gasteiger partial charge in [-0.1, -0.05) is 34.9 Å². The molecule has 2 aromatic heterocycles. The maximum Gasteiger partial charge on any atom is 0.229 e. The van der Waals surface area contributed by atoms with E-state index < -0.39 is 0 Å². The summed E-state index contributed by atoms with van der Waals surface area (Å²) in [5.74, 6) is 2.70. The Labute approximate surface area is 149 Å². The lowest BCUT2D eigenvalue weighted by Crippen LogP contribution is -2.24. The van der Waals surface area contributed by atoms with Crippen LogP contribution in [0.3, 0.4) is 0 Å². The van der Waals surface area contributed by atoms with Crippen molar-refractivity contribution in [1.29, 1.82) is 0 Å². The molecule has 1 saturated heterocycles. The summed E-state index contributed by atoms with van der Waals surface area (Å²) >= 11 is 3.51. The summed E-state index contributed by atoms with van der Waals surface area (Å²) in [4.78, 5) is 11.7. The number of hydrogen-bond donors (Lipinski definition) is 0. The Hall–Kier alpha value is -1.95. The molecule has 3 aromatic rings. The fraction of sp³-hybridized carbons (Fsp3) is 0.389. The van der Waals surface area contributed by atoms with E-state index in [-0.39, 0.29) is 12.0 Å². The van der Waals surface area contributed by atoms with Crippen molar-refractivity contribution < 1.29 is 4.52 Å². The van der Waals surface area contributed by atoms with E-state index in [9.17, 15) is 0 Å². The van der Waals surface area contributed by atoms with Gasteiger partial charge in [-0.05, 0) is 43.2 Å². The predicted molar refractivity (Wildman–Crippen MR) is 97.2 cm³/mol. The summed E-state index contributed by atoms with van der Waals surface area (Å²) < 4.78 is 6.46. The van der Waals surface area contributed by atoms with Gasteiger partial charge in [0, 0.05) is 22.3 Å². The monoisotopic (exact) mass is 386 g/mol. The second kappa shape index (κ2) is 6.16. The minimum atomic E-state index is 0.140. The van der Waals surface area contributed by atoms with Crippen LogP contribution in [-0.2, 0) is 0 Å². The van der Waals surface area contributed by atoms with E-state index in [1.54, 1.807) is 0 Å². The summed E-state index contributed by atoms with van der Waals surface area (Å²) in [7, 11) is 0. The van der Waals surface area contributed by atoms with Crippen LogP contribution < -0.4 is 4.90 Å². The third kappa shape index (κ3) is 2.79. The molecule has 0 spiro atoms. The van der Waals surface area contributed by atoms with E-state index in [1.165, 1.54) is 0 Å². The number of rotatable bonds is 3. The van der Waals surface area contributed by atoms with Crippen molar-refractivity contribution in [1.82, 2.24) is 15.1 Å². The molecule has 6 heteroatoms. The molecule has 124 valence electrons. The molecular weight excluding hydrogens is 368 g/mol. The minimum absolute atomic E-state index is 0.140. The van der Waals surface area contributed by atoms with Gasteiger partial charge in [-0.25, -0.2) is 4.98 Å². The molecular formula is C18H19BrN4O. The average molecular weight is 387 g/mol. The van der Waals surface area contributed by atoms with Crippen LogP contribution in [0.15, 0.2) is 39.3 Å². The summed E-state index contributed by atoms with van der Waals surface area (Å²) in [5, 5.41) is 5.34. The summed E-state index contributed by atoms with van der Waals surface area (Å²) in [6, 6.07) is 10.5.